The van der Waals surface area contributed by atoms with Gasteiger partial charge in [-0.05, 0) is 116 Å². The first kappa shape index (κ1) is 37.6. The lowest BCUT2D eigenvalue weighted by Gasteiger charge is -2.55. The van der Waals surface area contributed by atoms with E-state index in [9.17, 15) is 10.2 Å². The maximum Gasteiger partial charge on any atom is 0.319 e. The van der Waals surface area contributed by atoms with Crippen LogP contribution in [-0.2, 0) is 19.3 Å². The molecule has 0 saturated heterocycles. The Hall–Kier alpha value is -3.12. The van der Waals surface area contributed by atoms with E-state index in [4.69, 9.17) is 9.16 Å². The molecule has 5 unspecified atom stereocenters. The van der Waals surface area contributed by atoms with E-state index in [1.807, 2.05) is 6.08 Å². The standard InChI is InChI=1S/C46H62O4Si/c1-11-19-32-26-33(27-40(47)45(8,9)48)41-38(29-34-28-37-31(2)20-18-25-44(6,7)39(37)30-46(34,10)49-41)42(32)50-51(43(3,4)5,35-21-14-12-15-22-35)36-23-16-13-17-24-36/h11-17,21-24,26,34,37,39-40,47-48H,1-2,18-20,25,27-30H2,3-10H3. The van der Waals surface area contributed by atoms with Crippen molar-refractivity contribution in [2.45, 2.75) is 129 Å². The quantitative estimate of drug-likeness (QED) is 0.172. The van der Waals surface area contributed by atoms with Crippen molar-refractivity contribution in [2.24, 2.45) is 23.2 Å². The molecule has 2 fully saturated rings. The fourth-order valence-corrected chi connectivity index (χ4v) is 14.3. The number of benzene rings is 3. The van der Waals surface area contributed by atoms with Crippen LogP contribution in [0.5, 0.6) is 11.5 Å². The Morgan fingerprint density at radius 1 is 0.980 bits per heavy atom. The Bertz CT molecular complexity index is 1690. The van der Waals surface area contributed by atoms with Gasteiger partial charge in [-0.15, -0.1) is 6.58 Å². The van der Waals surface area contributed by atoms with E-state index in [1.165, 1.54) is 28.8 Å². The SMILES string of the molecule is C=CCc1cc(CC(O)C(C)(C)O)c2c(c1O[Si](c1ccccc1)(c1ccccc1)C(C)(C)C)CC1CC3C(=C)CCCC(C)(C)C3CC1(C)O2. The van der Waals surface area contributed by atoms with Crippen LogP contribution >= 0.6 is 0 Å². The fraction of sp³-hybridized carbons (Fsp3) is 0.522. The summed E-state index contributed by atoms with van der Waals surface area (Å²) in [6.45, 7) is 26.4. The predicted octanol–water partition coefficient (Wildman–Crippen LogP) is 9.13. The van der Waals surface area contributed by atoms with Gasteiger partial charge in [0.1, 0.15) is 17.1 Å². The molecule has 3 aromatic rings. The Labute approximate surface area is 309 Å². The van der Waals surface area contributed by atoms with Gasteiger partial charge >= 0.3 is 8.32 Å². The Morgan fingerprint density at radius 2 is 1.59 bits per heavy atom. The van der Waals surface area contributed by atoms with Crippen molar-refractivity contribution in [2.75, 3.05) is 0 Å². The maximum atomic E-state index is 11.3. The first-order valence-electron chi connectivity index (χ1n) is 19.3. The zero-order valence-electron chi connectivity index (χ0n) is 32.5. The highest BCUT2D eigenvalue weighted by atomic mass is 28.4. The predicted molar refractivity (Wildman–Crippen MR) is 214 cm³/mol. The van der Waals surface area contributed by atoms with Gasteiger partial charge in [0.2, 0.25) is 0 Å². The third kappa shape index (κ3) is 6.91. The van der Waals surface area contributed by atoms with E-state index < -0.39 is 20.0 Å². The highest BCUT2D eigenvalue weighted by Gasteiger charge is 2.56. The molecule has 51 heavy (non-hydrogen) atoms. The third-order valence-electron chi connectivity index (χ3n) is 12.9. The topological polar surface area (TPSA) is 58.9 Å². The summed E-state index contributed by atoms with van der Waals surface area (Å²) in [5.41, 5.74) is 3.05. The molecule has 0 amide bonds. The number of ether oxygens (including phenoxy) is 1. The van der Waals surface area contributed by atoms with Gasteiger partial charge in [0.15, 0.2) is 0 Å². The van der Waals surface area contributed by atoms with Crippen LogP contribution in [0.4, 0.5) is 0 Å². The first-order valence-corrected chi connectivity index (χ1v) is 21.2. The monoisotopic (exact) mass is 706 g/mol. The van der Waals surface area contributed by atoms with Crippen LogP contribution in [0.25, 0.3) is 0 Å². The molecular weight excluding hydrogens is 645 g/mol. The lowest BCUT2D eigenvalue weighted by Crippen LogP contribution is -2.69. The van der Waals surface area contributed by atoms with Crippen LogP contribution in [0.3, 0.4) is 0 Å². The molecular formula is C46H62O4Si. The highest BCUT2D eigenvalue weighted by Crippen LogP contribution is 2.59. The summed E-state index contributed by atoms with van der Waals surface area (Å²) in [4.78, 5) is 0. The van der Waals surface area contributed by atoms with Gasteiger partial charge in [-0.2, -0.15) is 0 Å². The van der Waals surface area contributed by atoms with Gasteiger partial charge < -0.3 is 19.4 Å². The van der Waals surface area contributed by atoms with Crippen molar-refractivity contribution in [3.63, 3.8) is 0 Å². The second-order valence-electron chi connectivity index (χ2n) is 18.4. The van der Waals surface area contributed by atoms with E-state index in [-0.39, 0.29) is 28.4 Å². The van der Waals surface area contributed by atoms with Crippen LogP contribution in [0.1, 0.15) is 104 Å². The van der Waals surface area contributed by atoms with E-state index in [1.54, 1.807) is 13.8 Å². The second kappa shape index (κ2) is 13.7. The molecule has 0 spiro atoms. The van der Waals surface area contributed by atoms with Crippen LogP contribution in [0, 0.1) is 23.2 Å². The summed E-state index contributed by atoms with van der Waals surface area (Å²) in [6.07, 6.45) is 8.24. The summed E-state index contributed by atoms with van der Waals surface area (Å²) in [7, 11) is -3.01. The summed E-state index contributed by atoms with van der Waals surface area (Å²) in [5, 5.41) is 24.5. The Kier molecular flexibility index (Phi) is 10.1. The van der Waals surface area contributed by atoms with Crippen molar-refractivity contribution >= 4 is 18.7 Å². The molecule has 2 aliphatic carbocycles. The molecule has 3 aliphatic rings. The van der Waals surface area contributed by atoms with E-state index >= 15 is 0 Å². The average molecular weight is 707 g/mol. The number of rotatable bonds is 9. The van der Waals surface area contributed by atoms with Gasteiger partial charge in [-0.1, -0.05) is 114 Å². The molecule has 0 bridgehead atoms. The van der Waals surface area contributed by atoms with Gasteiger partial charge in [-0.25, -0.2) is 0 Å². The molecule has 5 heteroatoms. The number of hydrogen-bond donors (Lipinski definition) is 2. The van der Waals surface area contributed by atoms with Crippen LogP contribution in [0.15, 0.2) is 91.5 Å². The minimum Gasteiger partial charge on any atom is -0.533 e. The molecule has 5 atom stereocenters. The van der Waals surface area contributed by atoms with Crippen molar-refractivity contribution < 1.29 is 19.4 Å². The number of allylic oxidation sites excluding steroid dienone is 2. The molecule has 1 heterocycles. The van der Waals surface area contributed by atoms with Gasteiger partial charge in [0.25, 0.3) is 0 Å². The molecule has 4 nitrogen and oxygen atoms in total. The smallest absolute Gasteiger partial charge is 0.319 e. The molecule has 2 N–H and O–H groups in total. The van der Waals surface area contributed by atoms with Crippen molar-refractivity contribution in [1.82, 2.24) is 0 Å². The third-order valence-corrected chi connectivity index (χ3v) is 17.8. The number of fused-ring (bicyclic) bond motifs is 3. The lowest BCUT2D eigenvalue weighted by atomic mass is 9.56. The zero-order chi connectivity index (χ0) is 37.0. The summed E-state index contributed by atoms with van der Waals surface area (Å²) >= 11 is 0. The average Bonchev–Trinajstić information content (AvgIpc) is 3.16. The fourth-order valence-electron chi connectivity index (χ4n) is 9.77. The van der Waals surface area contributed by atoms with Crippen molar-refractivity contribution in [3.8, 4) is 11.5 Å². The summed E-state index contributed by atoms with van der Waals surface area (Å²) in [6, 6.07) is 23.8. The molecule has 2 saturated carbocycles. The zero-order valence-corrected chi connectivity index (χ0v) is 33.5. The van der Waals surface area contributed by atoms with E-state index in [0.717, 1.165) is 53.9 Å². The minimum absolute atomic E-state index is 0.201. The van der Waals surface area contributed by atoms with E-state index in [2.05, 4.69) is 121 Å². The number of aliphatic hydroxyl groups excluding tert-OH is 1. The summed E-state index contributed by atoms with van der Waals surface area (Å²) < 4.78 is 15.4. The Morgan fingerprint density at radius 3 is 2.14 bits per heavy atom. The first-order chi connectivity index (χ1) is 23.9. The van der Waals surface area contributed by atoms with Crippen molar-refractivity contribution in [1.29, 1.82) is 0 Å². The summed E-state index contributed by atoms with van der Waals surface area (Å²) in [5.74, 6) is 2.99. The molecule has 0 aromatic heterocycles. The van der Waals surface area contributed by atoms with Gasteiger partial charge in [-0.3, -0.25) is 0 Å². The highest BCUT2D eigenvalue weighted by molar-refractivity contribution is 7.00. The molecule has 1 aliphatic heterocycles. The van der Waals surface area contributed by atoms with Crippen molar-refractivity contribution in [3.05, 3.63) is 108 Å². The molecule has 0 radical (unpaired) electrons. The lowest BCUT2D eigenvalue weighted by molar-refractivity contribution is -0.0819. The second-order valence-corrected chi connectivity index (χ2v) is 22.7. The van der Waals surface area contributed by atoms with Crippen LogP contribution < -0.4 is 19.5 Å². The molecule has 6 rings (SSSR count). The Balaban J connectivity index is 1.59. The van der Waals surface area contributed by atoms with Crippen LogP contribution in [0.2, 0.25) is 5.04 Å². The minimum atomic E-state index is -3.01. The van der Waals surface area contributed by atoms with Gasteiger partial charge in [0.05, 0.1) is 11.7 Å². The number of aliphatic hydroxyl groups is 2. The largest absolute Gasteiger partial charge is 0.533 e. The maximum absolute atomic E-state index is 11.3. The van der Waals surface area contributed by atoms with Crippen LogP contribution in [-0.4, -0.2) is 35.8 Å². The number of hydrogen-bond acceptors (Lipinski definition) is 4. The normalized spacial score (nSPS) is 25.4. The molecule has 274 valence electrons. The van der Waals surface area contributed by atoms with E-state index in [0.29, 0.717) is 18.3 Å². The van der Waals surface area contributed by atoms with Gasteiger partial charge in [0, 0.05) is 17.9 Å². The molecule has 3 aromatic carbocycles.